The lowest BCUT2D eigenvalue weighted by Gasteiger charge is -2.14. The first-order valence-corrected chi connectivity index (χ1v) is 7.04. The van der Waals surface area contributed by atoms with E-state index in [9.17, 15) is 4.79 Å². The van der Waals surface area contributed by atoms with Crippen LogP contribution in [0.4, 0.5) is 0 Å². The van der Waals surface area contributed by atoms with E-state index in [1.165, 1.54) is 12.8 Å². The van der Waals surface area contributed by atoms with Crippen LogP contribution < -0.4 is 5.32 Å². The molecule has 1 fully saturated rings. The van der Waals surface area contributed by atoms with Gasteiger partial charge in [0.25, 0.3) is 5.91 Å². The highest BCUT2D eigenvalue weighted by molar-refractivity contribution is 9.09. The van der Waals surface area contributed by atoms with Crippen molar-refractivity contribution in [2.45, 2.75) is 26.2 Å². The minimum atomic E-state index is 0.0105. The smallest absolute Gasteiger partial charge is 0.251 e. The van der Waals surface area contributed by atoms with Gasteiger partial charge in [-0.1, -0.05) is 15.9 Å². The maximum atomic E-state index is 11.9. The molecule has 2 rings (SSSR count). The summed E-state index contributed by atoms with van der Waals surface area (Å²) < 4.78 is 0. The predicted molar refractivity (Wildman–Crippen MR) is 71.4 cm³/mol. The van der Waals surface area contributed by atoms with Crippen LogP contribution in [0.15, 0.2) is 18.3 Å². The largest absolute Gasteiger partial charge is 0.351 e. The van der Waals surface area contributed by atoms with Crippen molar-refractivity contribution in [1.82, 2.24) is 10.3 Å². The zero-order valence-electron chi connectivity index (χ0n) is 10.0. The lowest BCUT2D eigenvalue weighted by Crippen LogP contribution is -2.30. The maximum Gasteiger partial charge on any atom is 0.251 e. The van der Waals surface area contributed by atoms with Gasteiger partial charge in [-0.05, 0) is 43.7 Å². The molecule has 3 nitrogen and oxygen atoms in total. The standard InChI is InChI=1S/C13H17BrN2O/c1-10-8-11(2-7-15-10)12(17)16-9-13(3-4-13)5-6-14/h2,7-8H,3-6,9H2,1H3,(H,16,17). The van der Waals surface area contributed by atoms with Crippen molar-refractivity contribution in [2.75, 3.05) is 11.9 Å². The van der Waals surface area contributed by atoms with E-state index < -0.39 is 0 Å². The summed E-state index contributed by atoms with van der Waals surface area (Å²) in [5, 5.41) is 4.04. The molecule has 1 aliphatic carbocycles. The Balaban J connectivity index is 1.90. The Morgan fingerprint density at radius 2 is 2.35 bits per heavy atom. The van der Waals surface area contributed by atoms with Crippen molar-refractivity contribution >= 4 is 21.8 Å². The molecule has 0 atom stereocenters. The number of amides is 1. The molecular weight excluding hydrogens is 280 g/mol. The zero-order valence-corrected chi connectivity index (χ0v) is 11.6. The Morgan fingerprint density at radius 3 is 2.94 bits per heavy atom. The molecule has 1 saturated carbocycles. The number of hydrogen-bond donors (Lipinski definition) is 1. The van der Waals surface area contributed by atoms with Gasteiger partial charge in [-0.15, -0.1) is 0 Å². The van der Waals surface area contributed by atoms with Crippen LogP contribution in [0.2, 0.25) is 0 Å². The van der Waals surface area contributed by atoms with Crippen molar-refractivity contribution in [1.29, 1.82) is 0 Å². The van der Waals surface area contributed by atoms with Crippen molar-refractivity contribution in [3.05, 3.63) is 29.6 Å². The summed E-state index contributed by atoms with van der Waals surface area (Å²) in [4.78, 5) is 16.0. The van der Waals surface area contributed by atoms with Gasteiger partial charge in [-0.3, -0.25) is 9.78 Å². The Labute approximate surface area is 110 Å². The highest BCUT2D eigenvalue weighted by Gasteiger charge is 2.41. The van der Waals surface area contributed by atoms with E-state index in [0.29, 0.717) is 11.0 Å². The van der Waals surface area contributed by atoms with Gasteiger partial charge in [0.15, 0.2) is 0 Å². The fraction of sp³-hybridized carbons (Fsp3) is 0.538. The lowest BCUT2D eigenvalue weighted by atomic mass is 10.0. The van der Waals surface area contributed by atoms with Gasteiger partial charge >= 0.3 is 0 Å². The van der Waals surface area contributed by atoms with Gasteiger partial charge in [-0.25, -0.2) is 0 Å². The fourth-order valence-electron chi connectivity index (χ4n) is 1.95. The van der Waals surface area contributed by atoms with Gasteiger partial charge in [-0.2, -0.15) is 0 Å². The molecule has 0 aliphatic heterocycles. The molecule has 1 aromatic rings. The van der Waals surface area contributed by atoms with E-state index in [0.717, 1.165) is 24.0 Å². The summed E-state index contributed by atoms with van der Waals surface area (Å²) >= 11 is 3.47. The SMILES string of the molecule is Cc1cc(C(=O)NCC2(CCBr)CC2)ccn1. The third kappa shape index (κ3) is 3.28. The number of halogens is 1. The number of nitrogens with zero attached hydrogens (tertiary/aromatic N) is 1. The number of carbonyl (C=O) groups excluding carboxylic acids is 1. The third-order valence-corrected chi connectivity index (χ3v) is 3.76. The number of rotatable bonds is 5. The molecule has 92 valence electrons. The van der Waals surface area contributed by atoms with Crippen LogP contribution in [0.1, 0.15) is 35.3 Å². The fourth-order valence-corrected chi connectivity index (χ4v) is 2.79. The van der Waals surface area contributed by atoms with E-state index >= 15 is 0 Å². The van der Waals surface area contributed by atoms with Crippen LogP contribution in [-0.2, 0) is 0 Å². The Kier molecular flexibility index (Phi) is 3.82. The van der Waals surface area contributed by atoms with Crippen LogP contribution in [0.25, 0.3) is 0 Å². The van der Waals surface area contributed by atoms with Gasteiger partial charge in [0.05, 0.1) is 0 Å². The first-order chi connectivity index (χ1) is 8.15. The summed E-state index contributed by atoms with van der Waals surface area (Å²) in [6.07, 6.45) is 5.28. The highest BCUT2D eigenvalue weighted by atomic mass is 79.9. The molecular formula is C13H17BrN2O. The molecule has 1 amide bonds. The zero-order chi connectivity index (χ0) is 12.3. The van der Waals surface area contributed by atoms with Gasteiger partial charge in [0.1, 0.15) is 0 Å². The molecule has 1 aromatic heterocycles. The topological polar surface area (TPSA) is 42.0 Å². The van der Waals surface area contributed by atoms with Gasteiger partial charge < -0.3 is 5.32 Å². The summed E-state index contributed by atoms with van der Waals surface area (Å²) in [5.74, 6) is 0.0105. The quantitative estimate of drug-likeness (QED) is 0.849. The second kappa shape index (κ2) is 5.17. The van der Waals surface area contributed by atoms with Crippen LogP contribution in [0, 0.1) is 12.3 Å². The summed E-state index contributed by atoms with van der Waals surface area (Å²) in [6.45, 7) is 2.68. The molecule has 0 aromatic carbocycles. The Hall–Kier alpha value is -0.900. The number of aryl methyl sites for hydroxylation is 1. The van der Waals surface area contributed by atoms with Crippen molar-refractivity contribution in [3.8, 4) is 0 Å². The number of aromatic nitrogens is 1. The molecule has 1 heterocycles. The third-order valence-electron chi connectivity index (χ3n) is 3.36. The van der Waals surface area contributed by atoms with E-state index in [4.69, 9.17) is 0 Å². The van der Waals surface area contributed by atoms with Crippen molar-refractivity contribution in [2.24, 2.45) is 5.41 Å². The number of hydrogen-bond acceptors (Lipinski definition) is 2. The summed E-state index contributed by atoms with van der Waals surface area (Å²) in [6, 6.07) is 3.58. The molecule has 0 unspecified atom stereocenters. The van der Waals surface area contributed by atoms with E-state index in [1.807, 2.05) is 13.0 Å². The van der Waals surface area contributed by atoms with Crippen molar-refractivity contribution in [3.63, 3.8) is 0 Å². The van der Waals surface area contributed by atoms with Crippen LogP contribution in [-0.4, -0.2) is 22.8 Å². The number of alkyl halides is 1. The first-order valence-electron chi connectivity index (χ1n) is 5.92. The second-order valence-electron chi connectivity index (χ2n) is 4.81. The molecule has 0 spiro atoms. The molecule has 17 heavy (non-hydrogen) atoms. The Morgan fingerprint density at radius 1 is 1.59 bits per heavy atom. The van der Waals surface area contributed by atoms with Gasteiger partial charge in [0.2, 0.25) is 0 Å². The van der Waals surface area contributed by atoms with Crippen LogP contribution >= 0.6 is 15.9 Å². The van der Waals surface area contributed by atoms with E-state index in [1.54, 1.807) is 12.3 Å². The molecule has 4 heteroatoms. The maximum absolute atomic E-state index is 11.9. The van der Waals surface area contributed by atoms with E-state index in [-0.39, 0.29) is 5.91 Å². The minimum Gasteiger partial charge on any atom is -0.351 e. The average molecular weight is 297 g/mol. The molecule has 0 saturated heterocycles. The number of carbonyl (C=O) groups is 1. The summed E-state index contributed by atoms with van der Waals surface area (Å²) in [5.41, 5.74) is 1.94. The normalized spacial score (nSPS) is 16.6. The minimum absolute atomic E-state index is 0.0105. The van der Waals surface area contributed by atoms with Crippen LogP contribution in [0.3, 0.4) is 0 Å². The molecule has 0 radical (unpaired) electrons. The highest BCUT2D eigenvalue weighted by Crippen LogP contribution is 2.48. The number of nitrogens with one attached hydrogen (secondary N) is 1. The predicted octanol–water partition coefficient (Wildman–Crippen LogP) is 2.69. The summed E-state index contributed by atoms with van der Waals surface area (Å²) in [7, 11) is 0. The lowest BCUT2D eigenvalue weighted by molar-refractivity contribution is 0.0944. The van der Waals surface area contributed by atoms with Gasteiger partial charge in [0, 0.05) is 29.3 Å². The van der Waals surface area contributed by atoms with Crippen molar-refractivity contribution < 1.29 is 4.79 Å². The Bertz CT molecular complexity index is 416. The molecule has 0 bridgehead atoms. The monoisotopic (exact) mass is 296 g/mol. The molecule has 1 N–H and O–H groups in total. The average Bonchev–Trinajstić information content (AvgIpc) is 3.07. The first kappa shape index (κ1) is 12.6. The van der Waals surface area contributed by atoms with Crippen LogP contribution in [0.5, 0.6) is 0 Å². The number of pyridine rings is 1. The van der Waals surface area contributed by atoms with E-state index in [2.05, 4.69) is 26.2 Å². The second-order valence-corrected chi connectivity index (χ2v) is 5.60. The molecule has 1 aliphatic rings.